The van der Waals surface area contributed by atoms with Crippen molar-refractivity contribution in [3.63, 3.8) is 0 Å². The van der Waals surface area contributed by atoms with Gasteiger partial charge in [0.05, 0.1) is 0 Å². The van der Waals surface area contributed by atoms with Gasteiger partial charge >= 0.3 is 0 Å². The number of nitrogens with zero attached hydrogens (tertiary/aromatic N) is 3. The summed E-state index contributed by atoms with van der Waals surface area (Å²) in [6, 6.07) is 28.4. The average Bonchev–Trinajstić information content (AvgIpc) is 3.44. The summed E-state index contributed by atoms with van der Waals surface area (Å²) in [5.41, 5.74) is 0.890. The number of aromatic nitrogens is 1. The fourth-order valence-electron chi connectivity index (χ4n) is 3.71. The molecule has 0 fully saturated rings. The number of anilines is 1. The molecule has 0 saturated heterocycles. The first-order valence-electron chi connectivity index (χ1n) is 10.4. The van der Waals surface area contributed by atoms with Crippen molar-refractivity contribution in [2.24, 2.45) is 0 Å². The van der Waals surface area contributed by atoms with E-state index in [1.165, 1.54) is 4.70 Å². The molecule has 0 N–H and O–H groups in total. The van der Waals surface area contributed by atoms with Gasteiger partial charge in [0.15, 0.2) is 0 Å². The van der Waals surface area contributed by atoms with Gasteiger partial charge in [-0.15, -0.1) is 35.3 Å². The van der Waals surface area contributed by atoms with E-state index in [9.17, 15) is 0 Å². The van der Waals surface area contributed by atoms with Crippen molar-refractivity contribution >= 4 is 37.2 Å². The van der Waals surface area contributed by atoms with E-state index in [-0.39, 0.29) is 21.1 Å². The van der Waals surface area contributed by atoms with Gasteiger partial charge in [-0.1, -0.05) is 30.3 Å². The van der Waals surface area contributed by atoms with E-state index in [2.05, 4.69) is 29.2 Å². The Balaban J connectivity index is 0.00000241. The van der Waals surface area contributed by atoms with E-state index in [0.29, 0.717) is 23.1 Å². The molecular weight excluding hydrogens is 625 g/mol. The molecule has 34 heavy (non-hydrogen) atoms. The Bertz CT molecular complexity index is 1490. The van der Waals surface area contributed by atoms with Crippen molar-refractivity contribution in [3.8, 4) is 23.1 Å². The van der Waals surface area contributed by atoms with E-state index < -0.39 is 0 Å². The maximum absolute atomic E-state index is 6.35. The molecule has 1 aliphatic rings. The second-order valence-electron chi connectivity index (χ2n) is 7.56. The molecule has 3 aromatic carbocycles. The van der Waals surface area contributed by atoms with Gasteiger partial charge < -0.3 is 19.3 Å². The van der Waals surface area contributed by atoms with Gasteiger partial charge in [0.2, 0.25) is 5.88 Å². The fraction of sp³-hybridized carbons (Fsp3) is 0.0370. The number of hydrogen-bond donors (Lipinski definition) is 0. The van der Waals surface area contributed by atoms with E-state index in [4.69, 9.17) is 9.47 Å². The van der Waals surface area contributed by atoms with Crippen molar-refractivity contribution in [1.29, 1.82) is 0 Å². The van der Waals surface area contributed by atoms with E-state index in [1.54, 1.807) is 17.5 Å². The molecule has 3 heterocycles. The van der Waals surface area contributed by atoms with E-state index in [0.717, 1.165) is 21.2 Å². The van der Waals surface area contributed by atoms with Gasteiger partial charge in [-0.2, -0.15) is 12.7 Å². The minimum atomic E-state index is 0. The third-order valence-electron chi connectivity index (χ3n) is 5.22. The molecule has 5 aromatic rings. The van der Waals surface area contributed by atoms with Gasteiger partial charge in [-0.25, -0.2) is 16.3 Å². The molecular formula is C27H18N3O2PtS-3. The van der Waals surface area contributed by atoms with Crippen LogP contribution in [0.3, 0.4) is 0 Å². The molecule has 0 radical (unpaired) electrons. The number of thiophene rings is 1. The maximum Gasteiger partial charge on any atom is 0.216 e. The molecule has 0 spiro atoms. The van der Waals surface area contributed by atoms with Crippen molar-refractivity contribution in [1.82, 2.24) is 9.88 Å². The average molecular weight is 644 g/mol. The third kappa shape index (κ3) is 4.39. The Labute approximate surface area is 216 Å². The maximum atomic E-state index is 6.35. The summed E-state index contributed by atoms with van der Waals surface area (Å²) in [7, 11) is 1.98. The molecule has 0 aliphatic carbocycles. The summed E-state index contributed by atoms with van der Waals surface area (Å²) in [6.07, 6.45) is 5.66. The molecule has 0 bridgehead atoms. The smallest absolute Gasteiger partial charge is 0.216 e. The largest absolute Gasteiger partial charge is 0.510 e. The summed E-state index contributed by atoms with van der Waals surface area (Å²) in [6.45, 7) is 1.98. The predicted octanol–water partition coefficient (Wildman–Crippen LogP) is 6.97. The molecule has 2 aromatic heterocycles. The molecule has 7 heteroatoms. The van der Waals surface area contributed by atoms with Gasteiger partial charge in [-0.05, 0) is 41.7 Å². The van der Waals surface area contributed by atoms with Crippen LogP contribution in [0, 0.1) is 18.8 Å². The van der Waals surface area contributed by atoms with Crippen LogP contribution in [0.15, 0.2) is 85.3 Å². The Morgan fingerprint density at radius 2 is 1.76 bits per heavy atom. The topological polar surface area (TPSA) is 37.8 Å². The van der Waals surface area contributed by atoms with E-state index >= 15 is 0 Å². The summed E-state index contributed by atoms with van der Waals surface area (Å²) in [5.74, 6) is 2.26. The summed E-state index contributed by atoms with van der Waals surface area (Å²) in [5, 5.41) is 2.21. The standard InChI is InChI=1S/C27H18N3O2S.Pt/c1-29-13-14-30(18-29)19-7-6-8-20(15-19)31-24-17-21(32-26-11-4-5-12-28-26)16-23-22-9-2-3-10-25(22)33-27(23)24;/h2-14,16,18H,1H3;/q-3;. The summed E-state index contributed by atoms with van der Waals surface area (Å²) < 4.78 is 14.6. The van der Waals surface area contributed by atoms with Crippen LogP contribution in [0.25, 0.3) is 20.2 Å². The first-order chi connectivity index (χ1) is 16.2. The molecule has 1 aliphatic heterocycles. The first-order valence-corrected chi connectivity index (χ1v) is 11.2. The summed E-state index contributed by atoms with van der Waals surface area (Å²) in [4.78, 5) is 8.25. The Kier molecular flexibility index (Phi) is 6.27. The summed E-state index contributed by atoms with van der Waals surface area (Å²) >= 11 is 1.68. The Hall–Kier alpha value is -3.34. The van der Waals surface area contributed by atoms with Crippen molar-refractivity contribution in [2.75, 3.05) is 11.9 Å². The van der Waals surface area contributed by atoms with E-state index in [1.807, 2.05) is 90.5 Å². The van der Waals surface area contributed by atoms with Crippen molar-refractivity contribution in [3.05, 3.63) is 104 Å². The minimum Gasteiger partial charge on any atom is -0.510 e. The molecule has 0 atom stereocenters. The normalized spacial score (nSPS) is 12.9. The number of hydrogen-bond acceptors (Lipinski definition) is 6. The van der Waals surface area contributed by atoms with Crippen molar-refractivity contribution in [2.45, 2.75) is 0 Å². The zero-order valence-corrected chi connectivity index (χ0v) is 21.1. The van der Waals surface area contributed by atoms with Crippen molar-refractivity contribution < 1.29 is 30.5 Å². The fourth-order valence-corrected chi connectivity index (χ4v) is 4.83. The van der Waals surface area contributed by atoms with Crippen LogP contribution in [0.4, 0.5) is 5.69 Å². The van der Waals surface area contributed by atoms with Gasteiger partial charge in [0.1, 0.15) is 0 Å². The monoisotopic (exact) mass is 643 g/mol. The molecule has 0 unspecified atom stereocenters. The second-order valence-corrected chi connectivity index (χ2v) is 8.61. The van der Waals surface area contributed by atoms with Gasteiger partial charge in [0.25, 0.3) is 0 Å². The number of fused-ring (bicyclic) bond motifs is 3. The first kappa shape index (κ1) is 22.5. The van der Waals surface area contributed by atoms with Crippen LogP contribution >= 0.6 is 11.3 Å². The number of ether oxygens (including phenoxy) is 2. The molecule has 6 rings (SSSR count). The second kappa shape index (κ2) is 9.49. The van der Waals surface area contributed by atoms with Crippen LogP contribution in [-0.4, -0.2) is 16.9 Å². The van der Waals surface area contributed by atoms with Crippen LogP contribution in [-0.2, 0) is 21.1 Å². The molecule has 0 amide bonds. The van der Waals surface area contributed by atoms with Crippen LogP contribution < -0.4 is 14.4 Å². The molecule has 5 nitrogen and oxygen atoms in total. The van der Waals surface area contributed by atoms with Gasteiger partial charge in [0, 0.05) is 55.3 Å². The number of rotatable bonds is 5. The Morgan fingerprint density at radius 3 is 2.59 bits per heavy atom. The zero-order valence-electron chi connectivity index (χ0n) is 18.0. The third-order valence-corrected chi connectivity index (χ3v) is 6.40. The minimum absolute atomic E-state index is 0. The van der Waals surface area contributed by atoms with Crippen LogP contribution in [0.5, 0.6) is 23.1 Å². The number of pyridine rings is 1. The Morgan fingerprint density at radius 1 is 0.882 bits per heavy atom. The SMILES string of the molecule is CN1C=CN(c2[c-]c(Oc3[c-]c(Oc4ccccn4)cc4c3sc3ccccc34)ccc2)[CH-]1.[Pt]. The molecule has 172 valence electrons. The number of benzene rings is 3. The van der Waals surface area contributed by atoms with Gasteiger partial charge in [-0.3, -0.25) is 0 Å². The molecule has 0 saturated carbocycles. The predicted molar refractivity (Wildman–Crippen MR) is 132 cm³/mol. The quantitative estimate of drug-likeness (QED) is 0.194. The zero-order chi connectivity index (χ0) is 22.2. The van der Waals surface area contributed by atoms with Crippen LogP contribution in [0.1, 0.15) is 0 Å². The van der Waals surface area contributed by atoms with Crippen LogP contribution in [0.2, 0.25) is 0 Å².